The molecule has 0 saturated carbocycles. The molecule has 1 aromatic rings. The molecular formula is C12H10ClF3N2O2. The highest BCUT2D eigenvalue weighted by Crippen LogP contribution is 2.36. The molecule has 4 nitrogen and oxygen atoms in total. The van der Waals surface area contributed by atoms with Crippen LogP contribution in [0.15, 0.2) is 18.2 Å². The van der Waals surface area contributed by atoms with E-state index in [1.165, 1.54) is 18.2 Å². The molecule has 0 radical (unpaired) electrons. The van der Waals surface area contributed by atoms with Crippen molar-refractivity contribution in [2.75, 3.05) is 18.1 Å². The van der Waals surface area contributed by atoms with E-state index in [-0.39, 0.29) is 22.8 Å². The summed E-state index contributed by atoms with van der Waals surface area (Å²) in [6.45, 7) is -0.615. The molecule has 20 heavy (non-hydrogen) atoms. The number of alkyl halides is 3. The molecular weight excluding hydrogens is 297 g/mol. The molecule has 0 spiro atoms. The molecule has 1 aromatic carbocycles. The maximum atomic E-state index is 12.9. The number of nitrogens with zero attached hydrogens (tertiary/aromatic N) is 2. The van der Waals surface area contributed by atoms with Crippen LogP contribution >= 0.6 is 11.6 Å². The van der Waals surface area contributed by atoms with Gasteiger partial charge in [0, 0.05) is 12.2 Å². The summed E-state index contributed by atoms with van der Waals surface area (Å²) in [7, 11) is 0. The zero-order chi connectivity index (χ0) is 14.9. The topological polar surface area (TPSA) is 56.5 Å². The van der Waals surface area contributed by atoms with Gasteiger partial charge >= 0.3 is 6.18 Å². The van der Waals surface area contributed by atoms with Crippen molar-refractivity contribution in [3.8, 4) is 6.07 Å². The van der Waals surface area contributed by atoms with Crippen LogP contribution < -0.4 is 4.90 Å². The Bertz CT molecular complexity index is 544. The van der Waals surface area contributed by atoms with Gasteiger partial charge < -0.3 is 14.7 Å². The summed E-state index contributed by atoms with van der Waals surface area (Å²) >= 11 is 5.82. The normalized spacial score (nSPS) is 22.9. The van der Waals surface area contributed by atoms with Gasteiger partial charge in [-0.2, -0.15) is 18.4 Å². The van der Waals surface area contributed by atoms with Crippen LogP contribution in [-0.4, -0.2) is 36.8 Å². The number of hydrogen-bond donors (Lipinski definition) is 1. The number of anilines is 1. The van der Waals surface area contributed by atoms with E-state index in [1.807, 2.05) is 6.07 Å². The average Bonchev–Trinajstić information content (AvgIpc) is 2.82. The average molecular weight is 307 g/mol. The van der Waals surface area contributed by atoms with Crippen LogP contribution in [0.2, 0.25) is 5.02 Å². The Hall–Kier alpha value is -1.49. The molecule has 0 bridgehead atoms. The SMILES string of the molecule is N#Cc1ccc(N2C[C@@H](CO)O[C@@H]2C(F)(F)F)cc1Cl. The first kappa shape index (κ1) is 14.9. The highest BCUT2D eigenvalue weighted by atomic mass is 35.5. The van der Waals surface area contributed by atoms with Crippen LogP contribution in [0.1, 0.15) is 5.56 Å². The van der Waals surface area contributed by atoms with Crippen LogP contribution in [0.5, 0.6) is 0 Å². The summed E-state index contributed by atoms with van der Waals surface area (Å²) < 4.78 is 43.5. The second-order valence-electron chi connectivity index (χ2n) is 4.26. The van der Waals surface area contributed by atoms with Crippen molar-refractivity contribution in [3.63, 3.8) is 0 Å². The fourth-order valence-electron chi connectivity index (χ4n) is 1.98. The van der Waals surface area contributed by atoms with Gasteiger partial charge in [-0.3, -0.25) is 0 Å². The van der Waals surface area contributed by atoms with Gasteiger partial charge in [0.05, 0.1) is 17.2 Å². The molecule has 1 N–H and O–H groups in total. The lowest BCUT2D eigenvalue weighted by atomic mass is 10.2. The quantitative estimate of drug-likeness (QED) is 0.911. The fraction of sp³-hybridized carbons (Fsp3) is 0.417. The Kier molecular flexibility index (Phi) is 4.09. The van der Waals surface area contributed by atoms with E-state index in [1.54, 1.807) is 0 Å². The molecule has 1 fully saturated rings. The van der Waals surface area contributed by atoms with Crippen molar-refractivity contribution in [2.45, 2.75) is 18.5 Å². The van der Waals surface area contributed by atoms with Crippen molar-refractivity contribution < 1.29 is 23.0 Å². The highest BCUT2D eigenvalue weighted by Gasteiger charge is 2.50. The van der Waals surface area contributed by atoms with E-state index in [4.69, 9.17) is 26.7 Å². The van der Waals surface area contributed by atoms with E-state index in [0.29, 0.717) is 0 Å². The smallest absolute Gasteiger partial charge is 0.394 e. The summed E-state index contributed by atoms with van der Waals surface area (Å²) in [5.74, 6) is 0. The first-order valence-corrected chi connectivity index (χ1v) is 6.04. The largest absolute Gasteiger partial charge is 0.433 e. The molecule has 0 amide bonds. The number of ether oxygens (including phenoxy) is 1. The molecule has 1 aliphatic rings. The van der Waals surface area contributed by atoms with Crippen LogP contribution in [0.4, 0.5) is 18.9 Å². The third kappa shape index (κ3) is 2.82. The van der Waals surface area contributed by atoms with E-state index in [2.05, 4.69) is 0 Å². The molecule has 0 aliphatic carbocycles. The minimum atomic E-state index is -4.59. The van der Waals surface area contributed by atoms with Crippen molar-refractivity contribution in [1.29, 1.82) is 5.26 Å². The lowest BCUT2D eigenvalue weighted by Crippen LogP contribution is -2.42. The number of rotatable bonds is 2. The van der Waals surface area contributed by atoms with Gasteiger partial charge in [-0.15, -0.1) is 0 Å². The van der Waals surface area contributed by atoms with Gasteiger partial charge in [0.15, 0.2) is 0 Å². The number of hydrogen-bond acceptors (Lipinski definition) is 4. The highest BCUT2D eigenvalue weighted by molar-refractivity contribution is 6.32. The Balaban J connectivity index is 2.34. The number of aliphatic hydroxyl groups is 1. The molecule has 1 aliphatic heterocycles. The van der Waals surface area contributed by atoms with Gasteiger partial charge in [0.25, 0.3) is 0 Å². The predicted molar refractivity (Wildman–Crippen MR) is 65.3 cm³/mol. The lowest BCUT2D eigenvalue weighted by molar-refractivity contribution is -0.215. The van der Waals surface area contributed by atoms with Crippen molar-refractivity contribution in [3.05, 3.63) is 28.8 Å². The van der Waals surface area contributed by atoms with Crippen molar-refractivity contribution in [1.82, 2.24) is 0 Å². The molecule has 0 aromatic heterocycles. The molecule has 0 unspecified atom stereocenters. The summed E-state index contributed by atoms with van der Waals surface area (Å²) in [5.41, 5.74) is 0.366. The summed E-state index contributed by atoms with van der Waals surface area (Å²) in [6, 6.07) is 5.82. The van der Waals surface area contributed by atoms with Gasteiger partial charge in [0.1, 0.15) is 12.2 Å². The van der Waals surface area contributed by atoms with E-state index < -0.39 is 25.1 Å². The first-order chi connectivity index (χ1) is 9.36. The molecule has 1 heterocycles. The van der Waals surface area contributed by atoms with Crippen LogP contribution in [0.3, 0.4) is 0 Å². The van der Waals surface area contributed by atoms with Gasteiger partial charge in [0.2, 0.25) is 6.23 Å². The fourth-order valence-corrected chi connectivity index (χ4v) is 2.20. The van der Waals surface area contributed by atoms with E-state index in [0.717, 1.165) is 4.90 Å². The van der Waals surface area contributed by atoms with Crippen LogP contribution in [0, 0.1) is 11.3 Å². The van der Waals surface area contributed by atoms with E-state index in [9.17, 15) is 13.2 Å². The lowest BCUT2D eigenvalue weighted by Gasteiger charge is -2.26. The Morgan fingerprint density at radius 1 is 1.50 bits per heavy atom. The Morgan fingerprint density at radius 2 is 2.20 bits per heavy atom. The molecule has 2 atom stereocenters. The first-order valence-electron chi connectivity index (χ1n) is 5.66. The number of aliphatic hydroxyl groups excluding tert-OH is 1. The minimum Gasteiger partial charge on any atom is -0.394 e. The van der Waals surface area contributed by atoms with Gasteiger partial charge in [-0.1, -0.05) is 11.6 Å². The van der Waals surface area contributed by atoms with E-state index >= 15 is 0 Å². The molecule has 2 rings (SSSR count). The summed E-state index contributed by atoms with van der Waals surface area (Å²) in [4.78, 5) is 0.966. The third-order valence-electron chi connectivity index (χ3n) is 2.89. The summed E-state index contributed by atoms with van der Waals surface area (Å²) in [6.07, 6.45) is -7.65. The number of halogens is 4. The standard InChI is InChI=1S/C12H10ClF3N2O2/c13-10-3-8(2-1-7(10)4-17)18-5-9(6-19)20-11(18)12(14,15)16/h1-3,9,11,19H,5-6H2/t9-,11+/m0/s1. The Morgan fingerprint density at radius 3 is 2.70 bits per heavy atom. The summed E-state index contributed by atoms with van der Waals surface area (Å²) in [5, 5.41) is 17.8. The second kappa shape index (κ2) is 5.48. The molecule has 1 saturated heterocycles. The number of nitriles is 1. The van der Waals surface area contributed by atoms with Gasteiger partial charge in [-0.25, -0.2) is 0 Å². The van der Waals surface area contributed by atoms with Crippen molar-refractivity contribution >= 4 is 17.3 Å². The van der Waals surface area contributed by atoms with Crippen LogP contribution in [0.25, 0.3) is 0 Å². The van der Waals surface area contributed by atoms with Crippen molar-refractivity contribution in [2.24, 2.45) is 0 Å². The second-order valence-corrected chi connectivity index (χ2v) is 4.67. The maximum Gasteiger partial charge on any atom is 0.433 e. The monoisotopic (exact) mass is 306 g/mol. The zero-order valence-electron chi connectivity index (χ0n) is 10.1. The molecule has 8 heteroatoms. The zero-order valence-corrected chi connectivity index (χ0v) is 10.8. The third-order valence-corrected chi connectivity index (χ3v) is 3.21. The number of benzene rings is 1. The van der Waals surface area contributed by atoms with Crippen LogP contribution in [-0.2, 0) is 4.74 Å². The maximum absolute atomic E-state index is 12.9. The minimum absolute atomic E-state index is 0.0679. The Labute approximate surface area is 117 Å². The van der Waals surface area contributed by atoms with Gasteiger partial charge in [-0.05, 0) is 18.2 Å². The molecule has 108 valence electrons. The predicted octanol–water partition coefficient (Wildman–Crippen LogP) is 2.30.